The van der Waals surface area contributed by atoms with Gasteiger partial charge in [0.2, 0.25) is 17.7 Å². The van der Waals surface area contributed by atoms with Crippen LogP contribution < -0.4 is 21.7 Å². The molecule has 0 saturated carbocycles. The number of piperidine rings is 1. The molecule has 3 heterocycles. The second-order valence-electron chi connectivity index (χ2n) is 11.9. The molecule has 5 rings (SSSR count). The molecule has 2 fully saturated rings. The molecule has 4 unspecified atom stereocenters. The lowest BCUT2D eigenvalue weighted by atomic mass is 9.83. The van der Waals surface area contributed by atoms with E-state index in [0.717, 1.165) is 55.0 Å². The third-order valence-corrected chi connectivity index (χ3v) is 10.1. The molecule has 0 radical (unpaired) electrons. The van der Waals surface area contributed by atoms with E-state index < -0.39 is 29.7 Å². The van der Waals surface area contributed by atoms with Crippen LogP contribution in [0.15, 0.2) is 42.5 Å². The van der Waals surface area contributed by atoms with Crippen molar-refractivity contribution in [3.05, 3.63) is 65.0 Å². The minimum atomic E-state index is -1.00. The third-order valence-electron chi connectivity index (χ3n) is 9.01. The molecular formula is C33H41FN6O5S. The number of hydrogen-bond acceptors (Lipinski definition) is 9. The van der Waals surface area contributed by atoms with Crippen LogP contribution in [-0.2, 0) is 14.4 Å². The number of benzene rings is 2. The van der Waals surface area contributed by atoms with Crippen molar-refractivity contribution in [1.82, 2.24) is 19.8 Å². The van der Waals surface area contributed by atoms with E-state index in [4.69, 9.17) is 5.73 Å². The van der Waals surface area contributed by atoms with E-state index in [1.54, 1.807) is 42.3 Å². The predicted molar refractivity (Wildman–Crippen MR) is 173 cm³/mol. The molecular weight excluding hydrogens is 611 g/mol. The highest BCUT2D eigenvalue weighted by atomic mass is 32.2. The maximum Gasteiger partial charge on any atom is 0.264 e. The first kappa shape index (κ1) is 33.6. The molecule has 4 atom stereocenters. The van der Waals surface area contributed by atoms with Gasteiger partial charge < -0.3 is 16.4 Å². The van der Waals surface area contributed by atoms with E-state index in [2.05, 4.69) is 20.3 Å². The van der Waals surface area contributed by atoms with Crippen LogP contribution in [0.2, 0.25) is 0 Å². The van der Waals surface area contributed by atoms with Gasteiger partial charge in [-0.1, -0.05) is 56.3 Å². The summed E-state index contributed by atoms with van der Waals surface area (Å²) in [7, 11) is 0. The summed E-state index contributed by atoms with van der Waals surface area (Å²) < 4.78 is 15.9. The van der Waals surface area contributed by atoms with Gasteiger partial charge in [0.15, 0.2) is 0 Å². The Hall–Kier alpha value is -3.81. The van der Waals surface area contributed by atoms with Crippen LogP contribution in [0, 0.1) is 11.7 Å². The van der Waals surface area contributed by atoms with E-state index in [1.807, 2.05) is 6.92 Å². The fraction of sp³-hybridized carbons (Fsp3) is 0.485. The van der Waals surface area contributed by atoms with Crippen molar-refractivity contribution >= 4 is 47.2 Å². The Kier molecular flexibility index (Phi) is 11.1. The topological polar surface area (TPSA) is 154 Å². The number of carbonyl (C=O) groups is 5. The van der Waals surface area contributed by atoms with E-state index in [0.29, 0.717) is 18.8 Å². The first-order valence-corrected chi connectivity index (χ1v) is 16.9. The van der Waals surface area contributed by atoms with Gasteiger partial charge in [0.05, 0.1) is 22.9 Å². The molecule has 5 N–H and O–H groups in total. The predicted octanol–water partition coefficient (Wildman–Crippen LogP) is 3.37. The summed E-state index contributed by atoms with van der Waals surface area (Å²) in [6, 6.07) is 10.3. The number of imide groups is 2. The number of fused-ring (bicyclic) bond motifs is 1. The Balaban J connectivity index is 1.13. The van der Waals surface area contributed by atoms with E-state index in [1.165, 1.54) is 12.1 Å². The Bertz CT molecular complexity index is 1470. The van der Waals surface area contributed by atoms with Gasteiger partial charge in [0.1, 0.15) is 11.9 Å². The maximum atomic E-state index is 13.6. The molecule has 46 heavy (non-hydrogen) atoms. The number of nitrogens with one attached hydrogen (secondary N) is 3. The minimum absolute atomic E-state index is 0.0305. The Morgan fingerprint density at radius 1 is 1.04 bits per heavy atom. The van der Waals surface area contributed by atoms with Crippen molar-refractivity contribution < 1.29 is 28.4 Å². The zero-order valence-corrected chi connectivity index (χ0v) is 26.7. The highest BCUT2D eigenvalue weighted by Crippen LogP contribution is 2.42. The summed E-state index contributed by atoms with van der Waals surface area (Å²) in [5.41, 5.74) is 7.91. The van der Waals surface area contributed by atoms with Crippen molar-refractivity contribution in [3.63, 3.8) is 0 Å². The first-order chi connectivity index (χ1) is 22.2. The molecule has 246 valence electrons. The normalized spacial score (nSPS) is 23.1. The van der Waals surface area contributed by atoms with Crippen LogP contribution >= 0.6 is 11.9 Å². The molecule has 0 bridgehead atoms. The Morgan fingerprint density at radius 2 is 1.80 bits per heavy atom. The average molecular weight is 653 g/mol. The molecule has 0 aromatic heterocycles. The fourth-order valence-electron chi connectivity index (χ4n) is 6.72. The second-order valence-corrected chi connectivity index (χ2v) is 13.0. The molecule has 5 amide bonds. The molecule has 3 aliphatic heterocycles. The lowest BCUT2D eigenvalue weighted by molar-refractivity contribution is -0.136. The molecule has 11 nitrogen and oxygen atoms in total. The van der Waals surface area contributed by atoms with Crippen LogP contribution in [0.1, 0.15) is 84.1 Å². The van der Waals surface area contributed by atoms with E-state index in [9.17, 15) is 28.4 Å². The highest BCUT2D eigenvalue weighted by molar-refractivity contribution is 7.97. The van der Waals surface area contributed by atoms with Crippen molar-refractivity contribution in [1.29, 1.82) is 0 Å². The van der Waals surface area contributed by atoms with Crippen molar-refractivity contribution in [2.75, 3.05) is 30.8 Å². The monoisotopic (exact) mass is 652 g/mol. The summed E-state index contributed by atoms with van der Waals surface area (Å²) in [5, 5.41) is 8.84. The van der Waals surface area contributed by atoms with Gasteiger partial charge in [-0.3, -0.25) is 34.2 Å². The van der Waals surface area contributed by atoms with Gasteiger partial charge in [-0.05, 0) is 55.6 Å². The Morgan fingerprint density at radius 3 is 2.52 bits per heavy atom. The van der Waals surface area contributed by atoms with E-state index in [-0.39, 0.29) is 53.6 Å². The Labute approximate surface area is 272 Å². The molecule has 2 aromatic rings. The van der Waals surface area contributed by atoms with Crippen LogP contribution in [0.4, 0.5) is 10.1 Å². The van der Waals surface area contributed by atoms with Crippen LogP contribution in [0.5, 0.6) is 0 Å². The second kappa shape index (κ2) is 15.2. The standard InChI is InChI=1S/C33H41FN6O5S/c1-2-36-19-46-39-18-23(20-11-13-21(34)14-12-20)29(30(35)42)25(39)10-5-3-4-6-17-37-24-9-7-8-22-28(24)33(45)40(32(22)44)26-15-16-27(41)38-31(26)43/h7-9,11-14,23,25-26,29,36-37H,2-6,10,15-19H2,1H3,(H2,35,42)(H,38,41,43). The van der Waals surface area contributed by atoms with Crippen molar-refractivity contribution in [2.45, 2.75) is 69.9 Å². The fourth-order valence-corrected chi connectivity index (χ4v) is 7.88. The van der Waals surface area contributed by atoms with Gasteiger partial charge in [0.25, 0.3) is 11.8 Å². The van der Waals surface area contributed by atoms with Crippen molar-refractivity contribution in [2.24, 2.45) is 11.7 Å². The summed E-state index contributed by atoms with van der Waals surface area (Å²) in [6.07, 6.45) is 4.55. The number of amides is 5. The SMILES string of the molecule is CCNCSN1CC(c2ccc(F)cc2)C(C(N)=O)C1CCCCCCNc1cccc2c1C(=O)N(C1CCC(=O)NC1=O)C2=O. The zero-order valence-electron chi connectivity index (χ0n) is 25.9. The minimum Gasteiger partial charge on any atom is -0.384 e. The van der Waals surface area contributed by atoms with E-state index >= 15 is 0 Å². The first-order valence-electron chi connectivity index (χ1n) is 15.9. The van der Waals surface area contributed by atoms with Gasteiger partial charge in [-0.25, -0.2) is 8.70 Å². The van der Waals surface area contributed by atoms with Crippen molar-refractivity contribution in [3.8, 4) is 0 Å². The number of rotatable bonds is 15. The summed E-state index contributed by atoms with van der Waals surface area (Å²) in [4.78, 5) is 64.0. The molecule has 3 aliphatic rings. The number of nitrogens with zero attached hydrogens (tertiary/aromatic N) is 2. The van der Waals surface area contributed by atoms with Gasteiger partial charge in [-0.2, -0.15) is 0 Å². The van der Waals surface area contributed by atoms with Gasteiger partial charge >= 0.3 is 0 Å². The van der Waals surface area contributed by atoms with Gasteiger partial charge in [0, 0.05) is 37.2 Å². The summed E-state index contributed by atoms with van der Waals surface area (Å²) in [6.45, 7) is 4.13. The number of primary amides is 1. The zero-order chi connectivity index (χ0) is 32.8. The molecule has 13 heteroatoms. The van der Waals surface area contributed by atoms with Crippen LogP contribution in [0.3, 0.4) is 0 Å². The maximum absolute atomic E-state index is 13.6. The third kappa shape index (κ3) is 7.26. The molecule has 0 spiro atoms. The number of halogens is 1. The highest BCUT2D eigenvalue weighted by Gasteiger charge is 2.46. The van der Waals surface area contributed by atoms with Crippen LogP contribution in [0.25, 0.3) is 0 Å². The lowest BCUT2D eigenvalue weighted by Crippen LogP contribution is -2.54. The van der Waals surface area contributed by atoms with Crippen LogP contribution in [-0.4, -0.2) is 76.3 Å². The number of anilines is 1. The number of nitrogens with two attached hydrogens (primary N) is 1. The molecule has 0 aliphatic carbocycles. The number of carbonyl (C=O) groups excluding carboxylic acids is 5. The number of hydrogen-bond donors (Lipinski definition) is 4. The quantitative estimate of drug-likeness (QED) is 0.0982. The largest absolute Gasteiger partial charge is 0.384 e. The smallest absolute Gasteiger partial charge is 0.264 e. The molecule has 2 aromatic carbocycles. The average Bonchev–Trinajstić information content (AvgIpc) is 3.52. The van der Waals surface area contributed by atoms with Gasteiger partial charge in [-0.15, -0.1) is 0 Å². The number of unbranched alkanes of at least 4 members (excludes halogenated alkanes) is 3. The lowest BCUT2D eigenvalue weighted by Gasteiger charge is -2.27. The summed E-state index contributed by atoms with van der Waals surface area (Å²) in [5.74, 6) is -2.51. The summed E-state index contributed by atoms with van der Waals surface area (Å²) >= 11 is 1.67. The molecule has 2 saturated heterocycles.